The summed E-state index contributed by atoms with van der Waals surface area (Å²) in [6.07, 6.45) is 78.7. The third-order valence-corrected chi connectivity index (χ3v) is 15.6. The number of nitrogens with one attached hydrogen (secondary N) is 1. The summed E-state index contributed by atoms with van der Waals surface area (Å²) in [5, 5.41) is 3.06. The van der Waals surface area contributed by atoms with E-state index >= 15 is 0 Å². The van der Waals surface area contributed by atoms with Crippen LogP contribution in [0.2, 0.25) is 0 Å². The van der Waals surface area contributed by atoms with E-state index in [0.29, 0.717) is 17.4 Å². The van der Waals surface area contributed by atoms with Gasteiger partial charge in [-0.2, -0.15) is 0 Å². The van der Waals surface area contributed by atoms with Crippen LogP contribution in [0.1, 0.15) is 297 Å². The maximum atomic E-state index is 13.6. The third-order valence-electron chi connectivity index (χ3n) is 14.6. The van der Waals surface area contributed by atoms with E-state index in [0.717, 1.165) is 122 Å². The van der Waals surface area contributed by atoms with Gasteiger partial charge in [-0.25, -0.2) is 4.57 Å². The molecule has 0 aliphatic rings. The molecule has 0 saturated carbocycles. The maximum Gasteiger partial charge on any atom is 0.472 e. The number of phosphoric ester groups is 1. The summed E-state index contributed by atoms with van der Waals surface area (Å²) in [5.74, 6) is -0.515. The first kappa shape index (κ1) is 77.2. The van der Waals surface area contributed by atoms with Gasteiger partial charge in [0, 0.05) is 12.8 Å². The molecule has 0 saturated heterocycles. The van der Waals surface area contributed by atoms with Crippen molar-refractivity contribution in [3.63, 3.8) is 0 Å². The molecule has 3 unspecified atom stereocenters. The molecule has 1 amide bonds. The van der Waals surface area contributed by atoms with Gasteiger partial charge in [-0.05, 0) is 83.1 Å². The molecule has 0 aromatic rings. The highest BCUT2D eigenvalue weighted by molar-refractivity contribution is 7.47. The zero-order chi connectivity index (χ0) is 58.6. The molecule has 0 heterocycles. The molecule has 0 spiro atoms. The first-order valence-electron chi connectivity index (χ1n) is 33.4. The first-order chi connectivity index (χ1) is 38.9. The lowest BCUT2D eigenvalue weighted by Crippen LogP contribution is -2.47. The molecule has 0 aliphatic heterocycles. The van der Waals surface area contributed by atoms with Crippen molar-refractivity contribution in [2.24, 2.45) is 0 Å². The minimum Gasteiger partial charge on any atom is -0.456 e. The Bertz CT molecular complexity index is 1640. The molecular formula is C70H128N2O7P+. The molecule has 0 aromatic carbocycles. The van der Waals surface area contributed by atoms with Gasteiger partial charge in [0.05, 0.1) is 33.8 Å². The molecule has 0 rings (SSSR count). The van der Waals surface area contributed by atoms with Crippen molar-refractivity contribution < 1.29 is 37.3 Å². The standard InChI is InChI=1S/C70H127N2O7P/c1-7-10-13-16-19-22-25-28-30-32-33-34-35-36-37-38-39-41-43-45-48-51-54-57-60-63-70(74)79-68(61-58-55-52-49-46-27-24-21-18-15-12-9-3)67(66-78-80(75,76)77-65-64-72(4,5)6)71-69(73)62-59-56-53-50-47-44-42-40-31-29-26-23-20-17-14-11-8-2/h10,13,19,22,28,30,33-34,36-37,39,41,58,61,67-68H,7-9,11-12,14-18,20-21,23-27,29,31-32,35,38,40,42-57,59-60,62-66H2,1-6H3,(H-,71,73,75,76)/p+1/b13-10-,22-19-,30-28-,34-33-,37-36-,41-39-,61-58+. The predicted molar refractivity (Wildman–Crippen MR) is 346 cm³/mol. The van der Waals surface area contributed by atoms with E-state index in [2.05, 4.69) is 99.0 Å². The van der Waals surface area contributed by atoms with Crippen LogP contribution in [0.25, 0.3) is 0 Å². The molecule has 0 bridgehead atoms. The van der Waals surface area contributed by atoms with Crippen LogP contribution in [0, 0.1) is 0 Å². The number of carbonyl (C=O) groups is 2. The van der Waals surface area contributed by atoms with Crippen molar-refractivity contribution in [1.82, 2.24) is 5.32 Å². The largest absolute Gasteiger partial charge is 0.472 e. The van der Waals surface area contributed by atoms with Crippen LogP contribution in [0.4, 0.5) is 0 Å². The second-order valence-electron chi connectivity index (χ2n) is 23.6. The Balaban J connectivity index is 5.17. The Morgan fingerprint density at radius 3 is 1.20 bits per heavy atom. The summed E-state index contributed by atoms with van der Waals surface area (Å²) in [6, 6.07) is -0.857. The summed E-state index contributed by atoms with van der Waals surface area (Å²) in [6.45, 7) is 6.91. The number of ether oxygens (including phenoxy) is 1. The number of esters is 1. The number of phosphoric acid groups is 1. The SMILES string of the molecule is CC/C=C\C/C=C\C/C=C\C/C=C\C/C=C\C/C=C\CCCCCCCCC(=O)OC(/C=C/CCCCCCCCCCCC)C(COP(=O)(O)OCC[N+](C)(C)C)NC(=O)CCCCCCCCCCCCCCCCCCC. The van der Waals surface area contributed by atoms with Crippen molar-refractivity contribution in [3.8, 4) is 0 Å². The average molecular weight is 1140 g/mol. The summed E-state index contributed by atoms with van der Waals surface area (Å²) in [7, 11) is 1.49. The van der Waals surface area contributed by atoms with Crippen LogP contribution < -0.4 is 5.32 Å². The molecule has 464 valence electrons. The Labute approximate surface area is 495 Å². The third kappa shape index (κ3) is 59.8. The highest BCUT2D eigenvalue weighted by Crippen LogP contribution is 2.43. The summed E-state index contributed by atoms with van der Waals surface area (Å²) >= 11 is 0. The van der Waals surface area contributed by atoms with Crippen LogP contribution in [-0.2, 0) is 27.9 Å². The lowest BCUT2D eigenvalue weighted by atomic mass is 10.0. The van der Waals surface area contributed by atoms with Gasteiger partial charge in [0.15, 0.2) is 0 Å². The summed E-state index contributed by atoms with van der Waals surface area (Å²) in [5.41, 5.74) is 0. The molecule has 0 aromatic heterocycles. The number of amides is 1. The van der Waals surface area contributed by atoms with Gasteiger partial charge in [-0.3, -0.25) is 18.6 Å². The summed E-state index contributed by atoms with van der Waals surface area (Å²) < 4.78 is 30.8. The highest BCUT2D eigenvalue weighted by Gasteiger charge is 2.30. The van der Waals surface area contributed by atoms with E-state index in [1.807, 2.05) is 33.3 Å². The van der Waals surface area contributed by atoms with Gasteiger partial charge >= 0.3 is 13.8 Å². The van der Waals surface area contributed by atoms with Gasteiger partial charge < -0.3 is 19.4 Å². The van der Waals surface area contributed by atoms with Crippen LogP contribution >= 0.6 is 7.82 Å². The smallest absolute Gasteiger partial charge is 0.456 e. The summed E-state index contributed by atoms with van der Waals surface area (Å²) in [4.78, 5) is 37.8. The number of hydrogen-bond acceptors (Lipinski definition) is 6. The number of nitrogens with zero attached hydrogens (tertiary/aromatic N) is 1. The number of quaternary nitrogens is 1. The monoisotopic (exact) mass is 1140 g/mol. The second-order valence-corrected chi connectivity index (χ2v) is 25.1. The van der Waals surface area contributed by atoms with Gasteiger partial charge in [0.25, 0.3) is 0 Å². The Morgan fingerprint density at radius 1 is 0.450 bits per heavy atom. The van der Waals surface area contributed by atoms with E-state index in [-0.39, 0.29) is 31.5 Å². The van der Waals surface area contributed by atoms with E-state index in [1.54, 1.807) is 0 Å². The minimum atomic E-state index is -4.46. The Hall–Kier alpha value is -2.81. The Morgan fingerprint density at radius 2 is 0.800 bits per heavy atom. The Kier molecular flexibility index (Phi) is 57.3. The topological polar surface area (TPSA) is 111 Å². The zero-order valence-corrected chi connectivity index (χ0v) is 54.0. The number of rotatable bonds is 60. The number of carbonyl (C=O) groups excluding carboxylic acids is 2. The van der Waals surface area contributed by atoms with Crippen molar-refractivity contribution >= 4 is 19.7 Å². The van der Waals surface area contributed by atoms with Gasteiger partial charge in [0.1, 0.15) is 19.3 Å². The molecular weight excluding hydrogens is 1010 g/mol. The normalized spacial score (nSPS) is 14.1. The van der Waals surface area contributed by atoms with Crippen molar-refractivity contribution in [3.05, 3.63) is 85.1 Å². The fourth-order valence-corrected chi connectivity index (χ4v) is 10.2. The molecule has 2 N–H and O–H groups in total. The number of unbranched alkanes of at least 4 members (excludes halogenated alkanes) is 32. The first-order valence-corrected chi connectivity index (χ1v) is 34.9. The second kappa shape index (κ2) is 59.4. The molecule has 10 heteroatoms. The van der Waals surface area contributed by atoms with E-state index in [9.17, 15) is 19.0 Å². The molecule has 0 aliphatic carbocycles. The lowest BCUT2D eigenvalue weighted by molar-refractivity contribution is -0.870. The van der Waals surface area contributed by atoms with Crippen LogP contribution in [0.3, 0.4) is 0 Å². The zero-order valence-electron chi connectivity index (χ0n) is 53.1. The quantitative estimate of drug-likeness (QED) is 0.0205. The van der Waals surface area contributed by atoms with Crippen LogP contribution in [-0.4, -0.2) is 74.3 Å². The number of likely N-dealkylation sites (N-methyl/N-ethyl adjacent to an activating group) is 1. The van der Waals surface area contributed by atoms with Crippen molar-refractivity contribution in [2.45, 2.75) is 309 Å². The van der Waals surface area contributed by atoms with Gasteiger partial charge in [-0.15, -0.1) is 0 Å². The highest BCUT2D eigenvalue weighted by atomic mass is 31.2. The fraction of sp³-hybridized carbons (Fsp3) is 0.771. The van der Waals surface area contributed by atoms with Crippen LogP contribution in [0.5, 0.6) is 0 Å². The maximum absolute atomic E-state index is 13.6. The molecule has 9 nitrogen and oxygen atoms in total. The van der Waals surface area contributed by atoms with E-state index in [4.69, 9.17) is 13.8 Å². The minimum absolute atomic E-state index is 0.0360. The fourth-order valence-electron chi connectivity index (χ4n) is 9.47. The average Bonchev–Trinajstić information content (AvgIpc) is 3.42. The van der Waals surface area contributed by atoms with Gasteiger partial charge in [-0.1, -0.05) is 286 Å². The predicted octanol–water partition coefficient (Wildman–Crippen LogP) is 21.0. The van der Waals surface area contributed by atoms with Crippen molar-refractivity contribution in [1.29, 1.82) is 0 Å². The number of hydrogen-bond donors (Lipinski definition) is 2. The van der Waals surface area contributed by atoms with E-state index < -0.39 is 20.0 Å². The molecule has 0 fully saturated rings. The van der Waals surface area contributed by atoms with Gasteiger partial charge in [0.2, 0.25) is 5.91 Å². The molecule has 80 heavy (non-hydrogen) atoms. The van der Waals surface area contributed by atoms with E-state index in [1.165, 1.54) is 141 Å². The number of allylic oxidation sites excluding steroid dienone is 13. The van der Waals surface area contributed by atoms with Crippen molar-refractivity contribution in [2.75, 3.05) is 40.9 Å². The van der Waals surface area contributed by atoms with Crippen LogP contribution in [0.15, 0.2) is 85.1 Å². The molecule has 3 atom stereocenters. The lowest BCUT2D eigenvalue weighted by Gasteiger charge is -2.27. The molecule has 0 radical (unpaired) electrons.